The fourth-order valence-corrected chi connectivity index (χ4v) is 2.26. The van der Waals surface area contributed by atoms with Gasteiger partial charge in [-0.25, -0.2) is 0 Å². The molecule has 1 atom stereocenters. The van der Waals surface area contributed by atoms with Gasteiger partial charge in [0.05, 0.1) is 0 Å². The Balaban J connectivity index is 2.39. The van der Waals surface area contributed by atoms with E-state index in [4.69, 9.17) is 0 Å². The summed E-state index contributed by atoms with van der Waals surface area (Å²) in [6.07, 6.45) is 5.19. The van der Waals surface area contributed by atoms with E-state index in [1.54, 1.807) is 0 Å². The maximum Gasteiger partial charge on any atom is 0.0489 e. The largest absolute Gasteiger partial charge is 0.370 e. The summed E-state index contributed by atoms with van der Waals surface area (Å²) in [5.74, 6) is 1.93. The van der Waals surface area contributed by atoms with E-state index >= 15 is 0 Å². The molecular formula is C12H17OP. The van der Waals surface area contributed by atoms with Crippen LogP contribution in [0.15, 0.2) is 36.1 Å². The fourth-order valence-electron chi connectivity index (χ4n) is 1.13. The molecule has 1 aromatic rings. The Labute approximate surface area is 87.3 Å². The van der Waals surface area contributed by atoms with Gasteiger partial charge in [0.15, 0.2) is 0 Å². The Morgan fingerprint density at radius 3 is 2.64 bits per heavy atom. The second-order valence-electron chi connectivity index (χ2n) is 3.24. The maximum atomic E-state index is 9.62. The van der Waals surface area contributed by atoms with Crippen molar-refractivity contribution in [3.8, 4) is 0 Å². The number of rotatable bonds is 5. The lowest BCUT2D eigenvalue weighted by molar-refractivity contribution is 0.629. The predicted molar refractivity (Wildman–Crippen MR) is 64.4 cm³/mol. The van der Waals surface area contributed by atoms with Crippen LogP contribution in [0.4, 0.5) is 0 Å². The molecule has 0 aliphatic heterocycles. The molecule has 1 rings (SSSR count). The highest BCUT2D eigenvalue weighted by atomic mass is 31.1. The Kier molecular flexibility index (Phi) is 5.51. The molecule has 0 radical (unpaired) electrons. The highest BCUT2D eigenvalue weighted by Gasteiger charge is 1.96. The predicted octanol–water partition coefficient (Wildman–Crippen LogP) is 3.85. The van der Waals surface area contributed by atoms with Crippen LogP contribution in [0.1, 0.15) is 25.3 Å². The normalized spacial score (nSPS) is 13.3. The second-order valence-corrected chi connectivity index (χ2v) is 4.87. The standard InChI is InChI=1S/C12H17OP/c1-2-3-10-14(13)11-9-12-7-5-4-6-8-12/h4-9,11,13H,2-3,10H2,1H3. The molecule has 0 heterocycles. The van der Waals surface area contributed by atoms with Crippen molar-refractivity contribution in [3.63, 3.8) is 0 Å². The average Bonchev–Trinajstić information content (AvgIpc) is 2.25. The van der Waals surface area contributed by atoms with Crippen LogP contribution in [0.25, 0.3) is 6.08 Å². The minimum Gasteiger partial charge on any atom is -0.370 e. The lowest BCUT2D eigenvalue weighted by Crippen LogP contribution is -1.79. The van der Waals surface area contributed by atoms with Crippen molar-refractivity contribution in [1.29, 1.82) is 0 Å². The first-order valence-electron chi connectivity index (χ1n) is 5.01. The minimum absolute atomic E-state index is 0.891. The Hall–Kier alpha value is -0.650. The molecule has 1 N–H and O–H groups in total. The number of hydrogen-bond donors (Lipinski definition) is 1. The van der Waals surface area contributed by atoms with Gasteiger partial charge in [-0.05, 0) is 24.0 Å². The zero-order valence-corrected chi connectivity index (χ0v) is 9.45. The van der Waals surface area contributed by atoms with Crippen molar-refractivity contribution in [2.45, 2.75) is 19.8 Å². The maximum absolute atomic E-state index is 9.62. The van der Waals surface area contributed by atoms with Crippen molar-refractivity contribution in [2.24, 2.45) is 0 Å². The van der Waals surface area contributed by atoms with Crippen LogP contribution in [-0.2, 0) is 0 Å². The van der Waals surface area contributed by atoms with Crippen molar-refractivity contribution in [3.05, 3.63) is 41.7 Å². The van der Waals surface area contributed by atoms with Crippen LogP contribution in [0.5, 0.6) is 0 Å². The monoisotopic (exact) mass is 208 g/mol. The molecule has 0 amide bonds. The van der Waals surface area contributed by atoms with Crippen molar-refractivity contribution in [1.82, 2.24) is 0 Å². The molecule has 1 nitrogen and oxygen atoms in total. The summed E-state index contributed by atoms with van der Waals surface area (Å²) in [6, 6.07) is 10.1. The molecule has 0 aliphatic carbocycles. The summed E-state index contributed by atoms with van der Waals surface area (Å²) in [4.78, 5) is 9.62. The molecule has 2 heteroatoms. The van der Waals surface area contributed by atoms with Crippen molar-refractivity contribution in [2.75, 3.05) is 6.16 Å². The number of unbranched alkanes of at least 4 members (excludes halogenated alkanes) is 1. The highest BCUT2D eigenvalue weighted by Crippen LogP contribution is 2.33. The molecule has 76 valence electrons. The minimum atomic E-state index is -0.891. The molecule has 1 unspecified atom stereocenters. The van der Waals surface area contributed by atoms with E-state index in [1.165, 1.54) is 0 Å². The van der Waals surface area contributed by atoms with Gasteiger partial charge in [-0.15, -0.1) is 0 Å². The van der Waals surface area contributed by atoms with Gasteiger partial charge >= 0.3 is 0 Å². The van der Waals surface area contributed by atoms with E-state index in [1.807, 2.05) is 42.2 Å². The smallest absolute Gasteiger partial charge is 0.0489 e. The van der Waals surface area contributed by atoms with Crippen LogP contribution in [-0.4, -0.2) is 11.1 Å². The summed E-state index contributed by atoms with van der Waals surface area (Å²) >= 11 is 0. The quantitative estimate of drug-likeness (QED) is 0.729. The van der Waals surface area contributed by atoms with Crippen molar-refractivity contribution < 1.29 is 4.89 Å². The van der Waals surface area contributed by atoms with Gasteiger partial charge in [-0.1, -0.05) is 49.8 Å². The molecule has 0 saturated heterocycles. The van der Waals surface area contributed by atoms with Crippen LogP contribution in [0.3, 0.4) is 0 Å². The molecule has 0 fully saturated rings. The number of benzene rings is 1. The first-order valence-corrected chi connectivity index (χ1v) is 6.56. The molecular weight excluding hydrogens is 191 g/mol. The molecule has 0 bridgehead atoms. The SMILES string of the molecule is CCCCP(O)C=Cc1ccccc1. The Morgan fingerprint density at radius 2 is 2.00 bits per heavy atom. The third kappa shape index (κ3) is 4.55. The van der Waals surface area contributed by atoms with Gasteiger partial charge in [0.2, 0.25) is 0 Å². The lowest BCUT2D eigenvalue weighted by Gasteiger charge is -2.02. The Bertz CT molecular complexity index is 269. The first-order chi connectivity index (χ1) is 6.83. The average molecular weight is 208 g/mol. The van der Waals surface area contributed by atoms with E-state index in [0.717, 1.165) is 24.6 Å². The highest BCUT2D eigenvalue weighted by molar-refractivity contribution is 7.55. The van der Waals surface area contributed by atoms with E-state index in [9.17, 15) is 4.89 Å². The summed E-state index contributed by atoms with van der Waals surface area (Å²) < 4.78 is 0. The third-order valence-corrected chi connectivity index (χ3v) is 3.25. The van der Waals surface area contributed by atoms with Crippen LogP contribution < -0.4 is 0 Å². The van der Waals surface area contributed by atoms with E-state index < -0.39 is 8.15 Å². The van der Waals surface area contributed by atoms with Gasteiger partial charge in [0.1, 0.15) is 0 Å². The van der Waals surface area contributed by atoms with Crippen LogP contribution in [0, 0.1) is 0 Å². The van der Waals surface area contributed by atoms with Crippen LogP contribution in [0.2, 0.25) is 0 Å². The molecule has 14 heavy (non-hydrogen) atoms. The topological polar surface area (TPSA) is 20.2 Å². The molecule has 1 aromatic carbocycles. The third-order valence-electron chi connectivity index (χ3n) is 1.98. The summed E-state index contributed by atoms with van der Waals surface area (Å²) in [5, 5.41) is 0. The summed E-state index contributed by atoms with van der Waals surface area (Å²) in [6.45, 7) is 2.14. The van der Waals surface area contributed by atoms with E-state index in [2.05, 4.69) is 6.92 Å². The molecule has 0 spiro atoms. The second kappa shape index (κ2) is 6.75. The summed E-state index contributed by atoms with van der Waals surface area (Å²) in [7, 11) is -0.891. The van der Waals surface area contributed by atoms with Gasteiger partial charge < -0.3 is 4.89 Å². The van der Waals surface area contributed by atoms with Crippen molar-refractivity contribution >= 4 is 14.2 Å². The first kappa shape index (κ1) is 11.4. The molecule has 0 saturated carbocycles. The summed E-state index contributed by atoms with van der Waals surface area (Å²) in [5.41, 5.74) is 1.16. The molecule has 0 aromatic heterocycles. The zero-order valence-electron chi connectivity index (χ0n) is 8.56. The molecule has 0 aliphatic rings. The fraction of sp³-hybridized carbons (Fsp3) is 0.333. The van der Waals surface area contributed by atoms with Gasteiger partial charge in [0, 0.05) is 8.15 Å². The van der Waals surface area contributed by atoms with Gasteiger partial charge in [-0.3, -0.25) is 0 Å². The van der Waals surface area contributed by atoms with E-state index in [-0.39, 0.29) is 0 Å². The number of hydrogen-bond acceptors (Lipinski definition) is 1. The lowest BCUT2D eigenvalue weighted by atomic mass is 10.2. The van der Waals surface area contributed by atoms with Gasteiger partial charge in [-0.2, -0.15) is 0 Å². The van der Waals surface area contributed by atoms with Crippen LogP contribution >= 0.6 is 8.15 Å². The Morgan fingerprint density at radius 1 is 1.29 bits per heavy atom. The van der Waals surface area contributed by atoms with E-state index in [0.29, 0.717) is 0 Å². The van der Waals surface area contributed by atoms with Gasteiger partial charge in [0.25, 0.3) is 0 Å². The zero-order chi connectivity index (χ0) is 10.2.